The van der Waals surface area contributed by atoms with E-state index in [-0.39, 0.29) is 5.56 Å². The fourth-order valence-corrected chi connectivity index (χ4v) is 2.29. The zero-order chi connectivity index (χ0) is 14.5. The first-order valence-corrected chi connectivity index (χ1v) is 7.07. The van der Waals surface area contributed by atoms with Gasteiger partial charge >= 0.3 is 0 Å². The Balaban J connectivity index is 2.19. The molecule has 0 unspecified atom stereocenters. The number of rotatable bonds is 5. The molecule has 2 aromatic rings. The highest BCUT2D eigenvalue weighted by Crippen LogP contribution is 2.18. The molecule has 1 heterocycles. The minimum Gasteiger partial charge on any atom is -0.379 e. The van der Waals surface area contributed by atoms with Crippen LogP contribution in [0.3, 0.4) is 0 Å². The number of nitrogens with one attached hydrogen (secondary N) is 1. The van der Waals surface area contributed by atoms with Gasteiger partial charge in [-0.15, -0.1) is 6.58 Å². The van der Waals surface area contributed by atoms with Crippen LogP contribution in [0.5, 0.6) is 0 Å². The van der Waals surface area contributed by atoms with Crippen LogP contribution in [-0.4, -0.2) is 9.78 Å². The largest absolute Gasteiger partial charge is 0.379 e. The summed E-state index contributed by atoms with van der Waals surface area (Å²) in [6.45, 7) is 6.72. The fourth-order valence-electron chi connectivity index (χ4n) is 1.84. The molecular weight excluding hydrogens is 318 g/mol. The minimum atomic E-state index is -0.167. The molecule has 0 saturated heterocycles. The summed E-state index contributed by atoms with van der Waals surface area (Å²) in [4.78, 5) is 12.0. The standard InChI is InChI=1S/C15H16BrN3O/c1-3-8-19-15(20)14(16)13(10-18-19)17-9-12-7-5-4-6-11(12)2/h3-7,10,17H,1,8-9H2,2H3. The number of hydrogen-bond acceptors (Lipinski definition) is 3. The van der Waals surface area contributed by atoms with Gasteiger partial charge in [-0.05, 0) is 34.0 Å². The van der Waals surface area contributed by atoms with Crippen LogP contribution in [0, 0.1) is 6.92 Å². The lowest BCUT2D eigenvalue weighted by molar-refractivity contribution is 0.649. The average Bonchev–Trinajstić information content (AvgIpc) is 2.45. The van der Waals surface area contributed by atoms with Crippen LogP contribution in [0.2, 0.25) is 0 Å². The SMILES string of the molecule is C=CCn1ncc(NCc2ccccc2C)c(Br)c1=O. The molecule has 0 amide bonds. The molecule has 104 valence electrons. The molecule has 5 heteroatoms. The van der Waals surface area contributed by atoms with Crippen LogP contribution in [0.15, 0.2) is 52.4 Å². The molecule has 20 heavy (non-hydrogen) atoms. The van der Waals surface area contributed by atoms with Gasteiger partial charge < -0.3 is 5.32 Å². The van der Waals surface area contributed by atoms with Crippen molar-refractivity contribution in [2.24, 2.45) is 0 Å². The van der Waals surface area contributed by atoms with E-state index >= 15 is 0 Å². The molecular formula is C15H16BrN3O. The third-order valence-electron chi connectivity index (χ3n) is 3.02. The van der Waals surface area contributed by atoms with Crippen molar-refractivity contribution in [3.8, 4) is 0 Å². The first-order chi connectivity index (χ1) is 9.63. The number of allylic oxidation sites excluding steroid dienone is 1. The molecule has 4 nitrogen and oxygen atoms in total. The molecule has 0 atom stereocenters. The molecule has 1 aromatic carbocycles. The maximum absolute atomic E-state index is 12.0. The minimum absolute atomic E-state index is 0.167. The first-order valence-electron chi connectivity index (χ1n) is 6.28. The van der Waals surface area contributed by atoms with Crippen molar-refractivity contribution in [3.05, 3.63) is 69.1 Å². The Morgan fingerprint density at radius 2 is 2.20 bits per heavy atom. The van der Waals surface area contributed by atoms with E-state index in [2.05, 4.69) is 52.0 Å². The van der Waals surface area contributed by atoms with Crippen LogP contribution in [-0.2, 0) is 13.1 Å². The zero-order valence-corrected chi connectivity index (χ0v) is 12.9. The molecule has 0 saturated carbocycles. The monoisotopic (exact) mass is 333 g/mol. The van der Waals surface area contributed by atoms with Gasteiger partial charge in [-0.1, -0.05) is 30.3 Å². The number of aryl methyl sites for hydroxylation is 1. The molecule has 1 N–H and O–H groups in total. The van der Waals surface area contributed by atoms with Crippen LogP contribution in [0.4, 0.5) is 5.69 Å². The van der Waals surface area contributed by atoms with E-state index in [0.29, 0.717) is 23.2 Å². The van der Waals surface area contributed by atoms with Crippen LogP contribution in [0.25, 0.3) is 0 Å². The van der Waals surface area contributed by atoms with Crippen molar-refractivity contribution < 1.29 is 0 Å². The highest BCUT2D eigenvalue weighted by atomic mass is 79.9. The predicted molar refractivity (Wildman–Crippen MR) is 84.9 cm³/mol. The second-order valence-corrected chi connectivity index (χ2v) is 5.22. The summed E-state index contributed by atoms with van der Waals surface area (Å²) < 4.78 is 1.85. The van der Waals surface area contributed by atoms with Crippen molar-refractivity contribution in [3.63, 3.8) is 0 Å². The molecule has 0 aliphatic heterocycles. The third-order valence-corrected chi connectivity index (χ3v) is 3.78. The van der Waals surface area contributed by atoms with E-state index in [4.69, 9.17) is 0 Å². The zero-order valence-electron chi connectivity index (χ0n) is 11.3. The molecule has 0 bridgehead atoms. The molecule has 0 fully saturated rings. The van der Waals surface area contributed by atoms with Gasteiger partial charge in [-0.2, -0.15) is 5.10 Å². The van der Waals surface area contributed by atoms with Gasteiger partial charge in [0.15, 0.2) is 0 Å². The molecule has 0 spiro atoms. The smallest absolute Gasteiger partial charge is 0.283 e. The Morgan fingerprint density at radius 1 is 1.45 bits per heavy atom. The maximum atomic E-state index is 12.0. The van der Waals surface area contributed by atoms with E-state index in [1.165, 1.54) is 15.8 Å². The van der Waals surface area contributed by atoms with Crippen LogP contribution in [0.1, 0.15) is 11.1 Å². The van der Waals surface area contributed by atoms with E-state index in [1.54, 1.807) is 12.3 Å². The number of nitrogens with zero attached hydrogens (tertiary/aromatic N) is 2. The summed E-state index contributed by atoms with van der Waals surface area (Å²) in [6, 6.07) is 8.13. The van der Waals surface area contributed by atoms with Crippen LogP contribution >= 0.6 is 15.9 Å². The summed E-state index contributed by atoms with van der Waals surface area (Å²) in [6.07, 6.45) is 3.29. The number of hydrogen-bond donors (Lipinski definition) is 1. The third kappa shape index (κ3) is 3.17. The van der Waals surface area contributed by atoms with Gasteiger partial charge in [0.25, 0.3) is 5.56 Å². The summed E-state index contributed by atoms with van der Waals surface area (Å²) in [5, 5.41) is 7.34. The summed E-state index contributed by atoms with van der Waals surface area (Å²) >= 11 is 3.32. The highest BCUT2D eigenvalue weighted by Gasteiger charge is 2.08. The Hall–Kier alpha value is -1.88. The molecule has 2 rings (SSSR count). The van der Waals surface area contributed by atoms with Crippen molar-refractivity contribution in [1.29, 1.82) is 0 Å². The molecule has 1 aromatic heterocycles. The predicted octanol–water partition coefficient (Wildman–Crippen LogP) is 3.11. The first kappa shape index (κ1) is 14.5. The molecule has 0 aliphatic carbocycles. The lowest BCUT2D eigenvalue weighted by atomic mass is 10.1. The number of benzene rings is 1. The van der Waals surface area contributed by atoms with Crippen molar-refractivity contribution in [2.75, 3.05) is 5.32 Å². The van der Waals surface area contributed by atoms with E-state index in [0.717, 1.165) is 0 Å². The summed E-state index contributed by atoms with van der Waals surface area (Å²) in [5.74, 6) is 0. The summed E-state index contributed by atoms with van der Waals surface area (Å²) in [7, 11) is 0. The van der Waals surface area contributed by atoms with Gasteiger partial charge in [-0.25, -0.2) is 4.68 Å². The van der Waals surface area contributed by atoms with E-state index in [9.17, 15) is 4.79 Å². The maximum Gasteiger partial charge on any atom is 0.283 e. The van der Waals surface area contributed by atoms with Crippen molar-refractivity contribution in [2.45, 2.75) is 20.0 Å². The normalized spacial score (nSPS) is 10.3. The van der Waals surface area contributed by atoms with Gasteiger partial charge in [0, 0.05) is 6.54 Å². The van der Waals surface area contributed by atoms with Crippen molar-refractivity contribution >= 4 is 21.6 Å². The van der Waals surface area contributed by atoms with Gasteiger partial charge in [-0.3, -0.25) is 4.79 Å². The van der Waals surface area contributed by atoms with Crippen molar-refractivity contribution in [1.82, 2.24) is 9.78 Å². The van der Waals surface area contributed by atoms with E-state index < -0.39 is 0 Å². The lowest BCUT2D eigenvalue weighted by Crippen LogP contribution is -2.23. The number of aromatic nitrogens is 2. The second kappa shape index (κ2) is 6.52. The Morgan fingerprint density at radius 3 is 2.90 bits per heavy atom. The Labute approximate surface area is 126 Å². The molecule has 0 radical (unpaired) electrons. The average molecular weight is 334 g/mol. The number of halogens is 1. The Bertz CT molecular complexity index is 679. The van der Waals surface area contributed by atoms with E-state index in [1.807, 2.05) is 12.1 Å². The summed E-state index contributed by atoms with van der Waals surface area (Å²) in [5.41, 5.74) is 2.93. The molecule has 0 aliphatic rings. The highest BCUT2D eigenvalue weighted by molar-refractivity contribution is 9.10. The fraction of sp³-hybridized carbons (Fsp3) is 0.200. The second-order valence-electron chi connectivity index (χ2n) is 4.43. The quantitative estimate of drug-likeness (QED) is 0.855. The van der Waals surface area contributed by atoms with Gasteiger partial charge in [0.1, 0.15) is 4.47 Å². The van der Waals surface area contributed by atoms with Gasteiger partial charge in [0.2, 0.25) is 0 Å². The van der Waals surface area contributed by atoms with Gasteiger partial charge in [0.05, 0.1) is 18.4 Å². The number of anilines is 1. The lowest BCUT2D eigenvalue weighted by Gasteiger charge is -2.11. The van der Waals surface area contributed by atoms with Crippen LogP contribution < -0.4 is 10.9 Å². The Kier molecular flexibility index (Phi) is 4.74. The topological polar surface area (TPSA) is 46.9 Å².